The summed E-state index contributed by atoms with van der Waals surface area (Å²) in [5.74, 6) is 1.73. The minimum absolute atomic E-state index is 0.429. The Labute approximate surface area is 146 Å². The Morgan fingerprint density at radius 1 is 1.16 bits per heavy atom. The predicted molar refractivity (Wildman–Crippen MR) is 98.6 cm³/mol. The number of fused-ring (bicyclic) bond motifs is 1. The van der Waals surface area contributed by atoms with Crippen molar-refractivity contribution < 1.29 is 9.47 Å². The van der Waals surface area contributed by atoms with E-state index in [-0.39, 0.29) is 0 Å². The first-order valence-electron chi connectivity index (χ1n) is 7.87. The molecule has 25 heavy (non-hydrogen) atoms. The maximum atomic E-state index is 9.61. The maximum Gasteiger partial charge on any atom is 0.167 e. The summed E-state index contributed by atoms with van der Waals surface area (Å²) in [5, 5.41) is 9.61. The number of nitrogens with zero attached hydrogens (tertiary/aromatic N) is 2. The fourth-order valence-corrected chi connectivity index (χ4v) is 2.73. The maximum absolute atomic E-state index is 9.61. The van der Waals surface area contributed by atoms with Crippen LogP contribution in [0.4, 0.5) is 0 Å². The van der Waals surface area contributed by atoms with Crippen molar-refractivity contribution in [3.8, 4) is 17.6 Å². The summed E-state index contributed by atoms with van der Waals surface area (Å²) in [6.45, 7) is 4.10. The molecule has 126 valence electrons. The van der Waals surface area contributed by atoms with Gasteiger partial charge in [-0.05, 0) is 49.2 Å². The van der Waals surface area contributed by atoms with Gasteiger partial charge >= 0.3 is 0 Å². The third kappa shape index (κ3) is 3.07. The average Bonchev–Trinajstić information content (AvgIpc) is 3.01. The van der Waals surface area contributed by atoms with Crippen molar-refractivity contribution in [1.82, 2.24) is 9.97 Å². The molecule has 0 amide bonds. The van der Waals surface area contributed by atoms with Gasteiger partial charge in [-0.2, -0.15) is 5.26 Å². The van der Waals surface area contributed by atoms with Crippen LogP contribution in [0.15, 0.2) is 30.3 Å². The van der Waals surface area contributed by atoms with Crippen LogP contribution >= 0.6 is 0 Å². The van der Waals surface area contributed by atoms with Crippen LogP contribution in [0.2, 0.25) is 0 Å². The number of aryl methyl sites for hydroxylation is 2. The van der Waals surface area contributed by atoms with Gasteiger partial charge in [-0.3, -0.25) is 0 Å². The molecule has 0 aliphatic heterocycles. The fraction of sp³-hybridized carbons (Fsp3) is 0.200. The Hall–Kier alpha value is -3.26. The summed E-state index contributed by atoms with van der Waals surface area (Å²) < 4.78 is 10.7. The zero-order valence-corrected chi connectivity index (χ0v) is 14.7. The molecule has 0 fully saturated rings. The lowest BCUT2D eigenvalue weighted by atomic mass is 10.1. The zero-order chi connectivity index (χ0) is 18.0. The monoisotopic (exact) mass is 333 g/mol. The molecule has 5 nitrogen and oxygen atoms in total. The molecule has 0 spiro atoms. The van der Waals surface area contributed by atoms with E-state index in [1.165, 1.54) is 11.1 Å². The van der Waals surface area contributed by atoms with Gasteiger partial charge in [-0.25, -0.2) is 4.98 Å². The number of para-hydroxylation sites is 1. The molecule has 3 rings (SSSR count). The highest BCUT2D eigenvalue weighted by molar-refractivity contribution is 5.91. The predicted octanol–water partition coefficient (Wildman–Crippen LogP) is 4.26. The van der Waals surface area contributed by atoms with Crippen molar-refractivity contribution >= 4 is 22.7 Å². The van der Waals surface area contributed by atoms with Gasteiger partial charge in [0.25, 0.3) is 0 Å². The van der Waals surface area contributed by atoms with Gasteiger partial charge in [0.05, 0.1) is 30.8 Å². The highest BCUT2D eigenvalue weighted by atomic mass is 16.5. The van der Waals surface area contributed by atoms with Gasteiger partial charge < -0.3 is 14.5 Å². The summed E-state index contributed by atoms with van der Waals surface area (Å²) in [6.07, 6.45) is 1.75. The molecular weight excluding hydrogens is 314 g/mol. The van der Waals surface area contributed by atoms with Gasteiger partial charge in [0.1, 0.15) is 11.9 Å². The van der Waals surface area contributed by atoms with E-state index in [0.29, 0.717) is 22.9 Å². The van der Waals surface area contributed by atoms with E-state index in [4.69, 9.17) is 9.47 Å². The van der Waals surface area contributed by atoms with Crippen LogP contribution in [0.25, 0.3) is 22.7 Å². The standard InChI is InChI=1S/C20H19N3O2/c1-12-8-16-17(9-13(12)2)23-20(22-16)15(11-21)10-14-6-5-7-18(24-3)19(14)25-4/h5-10H,1-4H3,(H,22,23)/b15-10+. The van der Waals surface area contributed by atoms with Crippen LogP contribution in [0.3, 0.4) is 0 Å². The van der Waals surface area contributed by atoms with Gasteiger partial charge in [0, 0.05) is 5.56 Å². The minimum atomic E-state index is 0.429. The molecule has 0 saturated carbocycles. The fourth-order valence-electron chi connectivity index (χ4n) is 2.73. The Kier molecular flexibility index (Phi) is 4.44. The third-order valence-electron chi connectivity index (χ3n) is 4.21. The van der Waals surface area contributed by atoms with Crippen molar-refractivity contribution in [1.29, 1.82) is 5.26 Å². The van der Waals surface area contributed by atoms with Crippen molar-refractivity contribution in [2.24, 2.45) is 0 Å². The van der Waals surface area contributed by atoms with E-state index in [0.717, 1.165) is 16.6 Å². The number of hydrogen-bond donors (Lipinski definition) is 1. The van der Waals surface area contributed by atoms with Gasteiger partial charge in [0.2, 0.25) is 0 Å². The van der Waals surface area contributed by atoms with E-state index in [2.05, 4.69) is 23.0 Å². The van der Waals surface area contributed by atoms with Crippen LogP contribution in [-0.4, -0.2) is 24.2 Å². The normalized spacial score (nSPS) is 11.4. The van der Waals surface area contributed by atoms with Crippen molar-refractivity contribution in [3.63, 3.8) is 0 Å². The molecule has 5 heteroatoms. The largest absolute Gasteiger partial charge is 0.493 e. The van der Waals surface area contributed by atoms with Crippen LogP contribution in [0.1, 0.15) is 22.5 Å². The summed E-state index contributed by atoms with van der Waals surface area (Å²) in [4.78, 5) is 7.79. The number of H-pyrrole nitrogens is 1. The quantitative estimate of drug-likeness (QED) is 0.724. The number of benzene rings is 2. The Balaban J connectivity index is 2.12. The van der Waals surface area contributed by atoms with E-state index >= 15 is 0 Å². The first-order valence-corrected chi connectivity index (χ1v) is 7.87. The Bertz CT molecular complexity index is 971. The summed E-state index contributed by atoms with van der Waals surface area (Å²) in [5.41, 5.74) is 5.29. The third-order valence-corrected chi connectivity index (χ3v) is 4.21. The smallest absolute Gasteiger partial charge is 0.167 e. The number of nitriles is 1. The van der Waals surface area contributed by atoms with E-state index in [1.807, 2.05) is 37.3 Å². The van der Waals surface area contributed by atoms with Crippen LogP contribution in [-0.2, 0) is 0 Å². The van der Waals surface area contributed by atoms with Gasteiger partial charge in [-0.15, -0.1) is 0 Å². The molecule has 3 aromatic rings. The minimum Gasteiger partial charge on any atom is -0.493 e. The SMILES string of the molecule is COc1cccc(/C=C(\C#N)c2nc3cc(C)c(C)cc3[nH]2)c1OC. The number of aromatic nitrogens is 2. The molecule has 0 atom stereocenters. The number of rotatable bonds is 4. The number of methoxy groups -OCH3 is 2. The molecule has 0 unspecified atom stereocenters. The Morgan fingerprint density at radius 3 is 2.60 bits per heavy atom. The molecule has 0 saturated heterocycles. The molecule has 1 heterocycles. The summed E-state index contributed by atoms with van der Waals surface area (Å²) >= 11 is 0. The molecule has 0 aliphatic rings. The highest BCUT2D eigenvalue weighted by Gasteiger charge is 2.12. The molecule has 0 radical (unpaired) electrons. The van der Waals surface area contributed by atoms with E-state index < -0.39 is 0 Å². The second-order valence-corrected chi connectivity index (χ2v) is 5.79. The molecule has 0 bridgehead atoms. The lowest BCUT2D eigenvalue weighted by Crippen LogP contribution is -1.93. The van der Waals surface area contributed by atoms with Gasteiger partial charge in [0.15, 0.2) is 11.5 Å². The number of nitrogens with one attached hydrogen (secondary N) is 1. The van der Waals surface area contributed by atoms with Crippen molar-refractivity contribution in [2.45, 2.75) is 13.8 Å². The van der Waals surface area contributed by atoms with Gasteiger partial charge in [-0.1, -0.05) is 12.1 Å². The second kappa shape index (κ2) is 6.70. The zero-order valence-electron chi connectivity index (χ0n) is 14.7. The van der Waals surface area contributed by atoms with Crippen LogP contribution < -0.4 is 9.47 Å². The summed E-state index contributed by atoms with van der Waals surface area (Å²) in [7, 11) is 3.16. The topological polar surface area (TPSA) is 70.9 Å². The number of aromatic amines is 1. The number of allylic oxidation sites excluding steroid dienone is 1. The first-order chi connectivity index (χ1) is 12.1. The molecule has 1 N–H and O–H groups in total. The van der Waals surface area contributed by atoms with E-state index in [9.17, 15) is 5.26 Å². The number of hydrogen-bond acceptors (Lipinski definition) is 4. The molecular formula is C20H19N3O2. The molecule has 2 aromatic carbocycles. The van der Waals surface area contributed by atoms with Crippen LogP contribution in [0, 0.1) is 25.2 Å². The van der Waals surface area contributed by atoms with Crippen LogP contribution in [0.5, 0.6) is 11.5 Å². The Morgan fingerprint density at radius 2 is 1.92 bits per heavy atom. The van der Waals surface area contributed by atoms with Crippen molar-refractivity contribution in [3.05, 3.63) is 52.8 Å². The molecule has 0 aliphatic carbocycles. The molecule has 1 aromatic heterocycles. The lowest BCUT2D eigenvalue weighted by Gasteiger charge is -2.10. The lowest BCUT2D eigenvalue weighted by molar-refractivity contribution is 0.354. The second-order valence-electron chi connectivity index (χ2n) is 5.79. The first kappa shape index (κ1) is 16.6. The van der Waals surface area contributed by atoms with Crippen molar-refractivity contribution in [2.75, 3.05) is 14.2 Å². The number of imidazole rings is 1. The average molecular weight is 333 g/mol. The summed E-state index contributed by atoms with van der Waals surface area (Å²) in [6, 6.07) is 11.8. The highest BCUT2D eigenvalue weighted by Crippen LogP contribution is 2.33. The van der Waals surface area contributed by atoms with E-state index in [1.54, 1.807) is 20.3 Å². The number of ether oxygens (including phenoxy) is 2.